The molecule has 2 fully saturated rings. The van der Waals surface area contributed by atoms with Crippen molar-refractivity contribution < 1.29 is 9.53 Å². The number of ether oxygens (including phenoxy) is 1. The largest absolute Gasteiger partial charge is 0.381 e. The molecular formula is C15H18BrNO2. The maximum Gasteiger partial charge on any atom is 0.254 e. The third-order valence-electron chi connectivity index (χ3n) is 4.35. The monoisotopic (exact) mass is 323 g/mol. The predicted molar refractivity (Wildman–Crippen MR) is 77.2 cm³/mol. The van der Waals surface area contributed by atoms with Crippen LogP contribution in [0.5, 0.6) is 0 Å². The van der Waals surface area contributed by atoms with E-state index in [4.69, 9.17) is 4.74 Å². The standard InChI is InChI=1S/C15H18BrNO2/c1-19-14-8-12-6-7-13(9-14)17(12)15(18)10-2-4-11(16)5-3-10/h2-5,12-14H,6-9H2,1H3. The summed E-state index contributed by atoms with van der Waals surface area (Å²) in [5.41, 5.74) is 0.788. The second kappa shape index (κ2) is 5.25. The van der Waals surface area contributed by atoms with Crippen molar-refractivity contribution in [2.24, 2.45) is 0 Å². The molecule has 1 amide bonds. The van der Waals surface area contributed by atoms with E-state index in [2.05, 4.69) is 20.8 Å². The molecule has 19 heavy (non-hydrogen) atoms. The summed E-state index contributed by atoms with van der Waals surface area (Å²) in [7, 11) is 1.77. The van der Waals surface area contributed by atoms with Gasteiger partial charge in [0.1, 0.15) is 0 Å². The number of carbonyl (C=O) groups is 1. The summed E-state index contributed by atoms with van der Waals surface area (Å²) in [6, 6.07) is 8.37. The van der Waals surface area contributed by atoms with Crippen molar-refractivity contribution in [3.05, 3.63) is 34.3 Å². The van der Waals surface area contributed by atoms with E-state index in [0.717, 1.165) is 35.7 Å². The minimum absolute atomic E-state index is 0.176. The van der Waals surface area contributed by atoms with Crippen LogP contribution in [-0.2, 0) is 4.74 Å². The van der Waals surface area contributed by atoms with Crippen molar-refractivity contribution in [2.45, 2.75) is 43.9 Å². The molecule has 3 rings (SSSR count). The maximum atomic E-state index is 12.6. The number of nitrogens with zero attached hydrogens (tertiary/aromatic N) is 1. The molecule has 0 radical (unpaired) electrons. The minimum Gasteiger partial charge on any atom is -0.381 e. The number of methoxy groups -OCH3 is 1. The summed E-state index contributed by atoms with van der Waals surface area (Å²) < 4.78 is 6.48. The van der Waals surface area contributed by atoms with Gasteiger partial charge in [-0.25, -0.2) is 0 Å². The van der Waals surface area contributed by atoms with E-state index in [1.165, 1.54) is 0 Å². The highest BCUT2D eigenvalue weighted by Gasteiger charge is 2.43. The predicted octanol–water partition coefficient (Wildman–Crippen LogP) is 3.23. The molecule has 2 bridgehead atoms. The zero-order valence-corrected chi connectivity index (χ0v) is 12.6. The van der Waals surface area contributed by atoms with Crippen molar-refractivity contribution >= 4 is 21.8 Å². The second-order valence-corrected chi connectivity index (χ2v) is 6.35. The fourth-order valence-electron chi connectivity index (χ4n) is 3.39. The summed E-state index contributed by atoms with van der Waals surface area (Å²) in [5, 5.41) is 0. The van der Waals surface area contributed by atoms with Gasteiger partial charge in [-0.05, 0) is 49.9 Å². The average Bonchev–Trinajstić information content (AvgIpc) is 2.69. The van der Waals surface area contributed by atoms with E-state index < -0.39 is 0 Å². The van der Waals surface area contributed by atoms with E-state index in [1.807, 2.05) is 24.3 Å². The van der Waals surface area contributed by atoms with Crippen LogP contribution in [0.2, 0.25) is 0 Å². The van der Waals surface area contributed by atoms with Crippen LogP contribution in [0.25, 0.3) is 0 Å². The highest BCUT2D eigenvalue weighted by Crippen LogP contribution is 2.37. The number of hydrogen-bond acceptors (Lipinski definition) is 2. The van der Waals surface area contributed by atoms with Crippen molar-refractivity contribution in [2.75, 3.05) is 7.11 Å². The second-order valence-electron chi connectivity index (χ2n) is 5.43. The molecular weight excluding hydrogens is 306 g/mol. The molecule has 1 aromatic carbocycles. The SMILES string of the molecule is COC1CC2CCC(C1)N2C(=O)c1ccc(Br)cc1. The van der Waals surface area contributed by atoms with Gasteiger partial charge >= 0.3 is 0 Å². The number of rotatable bonds is 2. The third kappa shape index (κ3) is 2.43. The number of piperidine rings is 1. The Bertz CT molecular complexity index is 460. The molecule has 1 aromatic rings. The molecule has 2 saturated heterocycles. The molecule has 2 atom stereocenters. The summed E-state index contributed by atoms with van der Waals surface area (Å²) >= 11 is 3.40. The van der Waals surface area contributed by atoms with Gasteiger partial charge in [-0.2, -0.15) is 0 Å². The van der Waals surface area contributed by atoms with E-state index >= 15 is 0 Å². The topological polar surface area (TPSA) is 29.5 Å². The highest BCUT2D eigenvalue weighted by atomic mass is 79.9. The van der Waals surface area contributed by atoms with Gasteiger partial charge in [0, 0.05) is 29.2 Å². The van der Waals surface area contributed by atoms with E-state index in [-0.39, 0.29) is 5.91 Å². The number of fused-ring (bicyclic) bond motifs is 2. The molecule has 4 heteroatoms. The molecule has 2 aliphatic heterocycles. The van der Waals surface area contributed by atoms with Gasteiger partial charge in [0.25, 0.3) is 5.91 Å². The fraction of sp³-hybridized carbons (Fsp3) is 0.533. The lowest BCUT2D eigenvalue weighted by molar-refractivity contribution is 0.00822. The number of halogens is 1. The van der Waals surface area contributed by atoms with Crippen LogP contribution in [0.3, 0.4) is 0 Å². The van der Waals surface area contributed by atoms with Gasteiger partial charge in [0.2, 0.25) is 0 Å². The molecule has 0 saturated carbocycles. The Balaban J connectivity index is 1.80. The van der Waals surface area contributed by atoms with Gasteiger partial charge in [-0.15, -0.1) is 0 Å². The maximum absolute atomic E-state index is 12.6. The molecule has 3 nitrogen and oxygen atoms in total. The van der Waals surface area contributed by atoms with Gasteiger partial charge in [-0.3, -0.25) is 4.79 Å². The molecule has 2 heterocycles. The van der Waals surface area contributed by atoms with Crippen molar-refractivity contribution in [3.8, 4) is 0 Å². The molecule has 0 aromatic heterocycles. The Kier molecular flexibility index (Phi) is 3.63. The lowest BCUT2D eigenvalue weighted by Crippen LogP contribution is -2.48. The number of hydrogen-bond donors (Lipinski definition) is 0. The Morgan fingerprint density at radius 1 is 1.21 bits per heavy atom. The van der Waals surface area contributed by atoms with Gasteiger partial charge in [0.15, 0.2) is 0 Å². The van der Waals surface area contributed by atoms with Gasteiger partial charge in [0.05, 0.1) is 6.10 Å². The Morgan fingerprint density at radius 3 is 2.32 bits per heavy atom. The number of amides is 1. The van der Waals surface area contributed by atoms with Gasteiger partial charge < -0.3 is 9.64 Å². The molecule has 0 N–H and O–H groups in total. The molecule has 102 valence electrons. The number of benzene rings is 1. The quantitative estimate of drug-likeness (QED) is 0.836. The van der Waals surface area contributed by atoms with Crippen molar-refractivity contribution in [3.63, 3.8) is 0 Å². The molecule has 0 aliphatic carbocycles. The smallest absolute Gasteiger partial charge is 0.254 e. The summed E-state index contributed by atoms with van der Waals surface area (Å²) in [6.45, 7) is 0. The van der Waals surface area contributed by atoms with Crippen LogP contribution in [0.4, 0.5) is 0 Å². The van der Waals surface area contributed by atoms with E-state index in [9.17, 15) is 4.79 Å². The first-order chi connectivity index (χ1) is 9.19. The summed E-state index contributed by atoms with van der Waals surface area (Å²) in [5.74, 6) is 0.176. The van der Waals surface area contributed by atoms with Crippen LogP contribution < -0.4 is 0 Å². The van der Waals surface area contributed by atoms with Crippen molar-refractivity contribution in [1.82, 2.24) is 4.90 Å². The zero-order chi connectivity index (χ0) is 13.4. The van der Waals surface area contributed by atoms with E-state index in [0.29, 0.717) is 18.2 Å². The lowest BCUT2D eigenvalue weighted by Gasteiger charge is -2.38. The normalized spacial score (nSPS) is 29.6. The Labute approximate surface area is 122 Å². The van der Waals surface area contributed by atoms with Crippen LogP contribution in [-0.4, -0.2) is 36.1 Å². The third-order valence-corrected chi connectivity index (χ3v) is 4.88. The van der Waals surface area contributed by atoms with Gasteiger partial charge in [-0.1, -0.05) is 15.9 Å². The number of carbonyl (C=O) groups excluding carboxylic acids is 1. The first kappa shape index (κ1) is 13.1. The molecule has 2 unspecified atom stereocenters. The highest BCUT2D eigenvalue weighted by molar-refractivity contribution is 9.10. The minimum atomic E-state index is 0.176. The average molecular weight is 324 g/mol. The first-order valence-corrected chi connectivity index (χ1v) is 7.59. The molecule has 0 spiro atoms. The fourth-order valence-corrected chi connectivity index (χ4v) is 3.66. The Hall–Kier alpha value is -0.870. The lowest BCUT2D eigenvalue weighted by atomic mass is 9.98. The van der Waals surface area contributed by atoms with E-state index in [1.54, 1.807) is 7.11 Å². The Morgan fingerprint density at radius 2 is 1.79 bits per heavy atom. The van der Waals surface area contributed by atoms with Crippen LogP contribution in [0.1, 0.15) is 36.0 Å². The zero-order valence-electron chi connectivity index (χ0n) is 11.0. The summed E-state index contributed by atoms with van der Waals surface area (Å²) in [4.78, 5) is 14.7. The van der Waals surface area contributed by atoms with Crippen LogP contribution in [0.15, 0.2) is 28.7 Å². The summed E-state index contributed by atoms with van der Waals surface area (Å²) in [6.07, 6.45) is 4.52. The van der Waals surface area contributed by atoms with Crippen molar-refractivity contribution in [1.29, 1.82) is 0 Å². The first-order valence-electron chi connectivity index (χ1n) is 6.80. The molecule has 2 aliphatic rings. The van der Waals surface area contributed by atoms with Crippen LogP contribution in [0, 0.1) is 0 Å². The van der Waals surface area contributed by atoms with Crippen LogP contribution >= 0.6 is 15.9 Å².